The average molecular weight is 188 g/mol. The Morgan fingerprint density at radius 2 is 2.07 bits per heavy atom. The lowest BCUT2D eigenvalue weighted by molar-refractivity contribution is 1.20. The Bertz CT molecular complexity index is 479. The molecule has 0 saturated heterocycles. The predicted molar refractivity (Wildman–Crippen MR) is 58.2 cm³/mol. The fourth-order valence-corrected chi connectivity index (χ4v) is 1.38. The first kappa shape index (κ1) is 8.74. The summed E-state index contributed by atoms with van der Waals surface area (Å²) < 4.78 is 0. The second-order valence-electron chi connectivity index (χ2n) is 3.20. The van der Waals surface area contributed by atoms with E-state index in [0.717, 1.165) is 16.5 Å². The summed E-state index contributed by atoms with van der Waals surface area (Å²) in [7, 11) is 1.77. The molecule has 0 radical (unpaired) electrons. The van der Waals surface area contributed by atoms with Crippen molar-refractivity contribution < 1.29 is 0 Å². The zero-order valence-electron chi connectivity index (χ0n) is 8.20. The number of nitrogens with one attached hydrogen (secondary N) is 1. The third-order valence-corrected chi connectivity index (χ3v) is 2.10. The van der Waals surface area contributed by atoms with Crippen molar-refractivity contribution in [2.45, 2.75) is 6.92 Å². The van der Waals surface area contributed by atoms with Gasteiger partial charge in [0.15, 0.2) is 0 Å². The normalized spacial score (nSPS) is 10.4. The number of nitrogens with two attached hydrogens (primary N) is 1. The lowest BCUT2D eigenvalue weighted by Gasteiger charge is -2.04. The fourth-order valence-electron chi connectivity index (χ4n) is 1.38. The number of nitrogen functional groups attached to an aromatic ring is 1. The van der Waals surface area contributed by atoms with Crippen molar-refractivity contribution in [3.8, 4) is 0 Å². The van der Waals surface area contributed by atoms with Crippen LogP contribution in [0.1, 0.15) is 5.56 Å². The van der Waals surface area contributed by atoms with Crippen molar-refractivity contribution in [1.82, 2.24) is 9.97 Å². The molecule has 14 heavy (non-hydrogen) atoms. The van der Waals surface area contributed by atoms with Gasteiger partial charge in [0.05, 0.1) is 5.52 Å². The molecule has 2 rings (SSSR count). The number of aryl methyl sites for hydroxylation is 1. The highest BCUT2D eigenvalue weighted by Crippen LogP contribution is 2.20. The molecule has 0 amide bonds. The molecule has 0 atom stereocenters. The number of aromatic nitrogens is 2. The van der Waals surface area contributed by atoms with Crippen molar-refractivity contribution in [2.24, 2.45) is 0 Å². The first-order valence-corrected chi connectivity index (χ1v) is 4.42. The summed E-state index contributed by atoms with van der Waals surface area (Å²) in [6.07, 6.45) is 0. The van der Waals surface area contributed by atoms with E-state index >= 15 is 0 Å². The Hall–Kier alpha value is -1.84. The van der Waals surface area contributed by atoms with E-state index < -0.39 is 0 Å². The van der Waals surface area contributed by atoms with Gasteiger partial charge in [-0.25, -0.2) is 4.98 Å². The zero-order chi connectivity index (χ0) is 10.1. The highest BCUT2D eigenvalue weighted by Gasteiger charge is 2.03. The van der Waals surface area contributed by atoms with Gasteiger partial charge in [0.2, 0.25) is 5.95 Å². The van der Waals surface area contributed by atoms with Crippen molar-refractivity contribution in [3.05, 3.63) is 23.8 Å². The number of nitrogens with zero attached hydrogens (tertiary/aromatic N) is 2. The van der Waals surface area contributed by atoms with Gasteiger partial charge in [-0.2, -0.15) is 4.98 Å². The largest absolute Gasteiger partial charge is 0.383 e. The third-order valence-electron chi connectivity index (χ3n) is 2.10. The van der Waals surface area contributed by atoms with Gasteiger partial charge in [-0.3, -0.25) is 0 Å². The van der Waals surface area contributed by atoms with Crippen LogP contribution in [-0.4, -0.2) is 17.0 Å². The van der Waals surface area contributed by atoms with Crippen molar-refractivity contribution >= 4 is 22.7 Å². The maximum atomic E-state index is 5.81. The van der Waals surface area contributed by atoms with Gasteiger partial charge in [-0.1, -0.05) is 11.6 Å². The molecule has 0 aliphatic carbocycles. The van der Waals surface area contributed by atoms with Crippen LogP contribution in [0, 0.1) is 6.92 Å². The predicted octanol–water partition coefficient (Wildman–Crippen LogP) is 1.56. The number of hydrogen-bond donors (Lipinski definition) is 2. The van der Waals surface area contributed by atoms with Crippen LogP contribution in [0.4, 0.5) is 11.8 Å². The van der Waals surface area contributed by atoms with Gasteiger partial charge >= 0.3 is 0 Å². The van der Waals surface area contributed by atoms with E-state index in [1.807, 2.05) is 25.1 Å². The standard InChI is InChI=1S/C10H12N4/c1-6-3-4-8-7(5-6)9(11)14-10(12-2)13-8/h3-5H,1-2H3,(H3,11,12,13,14). The summed E-state index contributed by atoms with van der Waals surface area (Å²) >= 11 is 0. The maximum absolute atomic E-state index is 5.81. The van der Waals surface area contributed by atoms with Crippen LogP contribution in [0.25, 0.3) is 10.9 Å². The Kier molecular flexibility index (Phi) is 1.96. The molecule has 4 heteroatoms. The minimum absolute atomic E-state index is 0.517. The van der Waals surface area contributed by atoms with Crippen molar-refractivity contribution in [2.75, 3.05) is 18.1 Å². The first-order chi connectivity index (χ1) is 6.70. The number of hydrogen-bond acceptors (Lipinski definition) is 4. The summed E-state index contributed by atoms with van der Waals surface area (Å²) in [5, 5.41) is 3.78. The molecule has 0 fully saturated rings. The first-order valence-electron chi connectivity index (χ1n) is 4.42. The molecule has 4 nitrogen and oxygen atoms in total. The average Bonchev–Trinajstić information content (AvgIpc) is 2.19. The number of anilines is 2. The van der Waals surface area contributed by atoms with Gasteiger partial charge in [0.25, 0.3) is 0 Å². The molecule has 0 bridgehead atoms. The van der Waals surface area contributed by atoms with Crippen LogP contribution in [0.3, 0.4) is 0 Å². The minimum atomic E-state index is 0.517. The molecule has 0 unspecified atom stereocenters. The van der Waals surface area contributed by atoms with E-state index in [9.17, 15) is 0 Å². The summed E-state index contributed by atoms with van der Waals surface area (Å²) in [6.45, 7) is 2.02. The van der Waals surface area contributed by atoms with Crippen molar-refractivity contribution in [3.63, 3.8) is 0 Å². The Morgan fingerprint density at radius 1 is 1.29 bits per heavy atom. The van der Waals surface area contributed by atoms with Crippen LogP contribution in [0.15, 0.2) is 18.2 Å². The molecule has 72 valence electrons. The lowest BCUT2D eigenvalue weighted by atomic mass is 10.1. The topological polar surface area (TPSA) is 63.8 Å². The van der Waals surface area contributed by atoms with Crippen LogP contribution in [0.5, 0.6) is 0 Å². The zero-order valence-corrected chi connectivity index (χ0v) is 8.20. The van der Waals surface area contributed by atoms with Gasteiger partial charge in [-0.05, 0) is 19.1 Å². The van der Waals surface area contributed by atoms with Crippen LogP contribution in [-0.2, 0) is 0 Å². The van der Waals surface area contributed by atoms with E-state index in [2.05, 4.69) is 15.3 Å². The highest BCUT2D eigenvalue weighted by molar-refractivity contribution is 5.89. The molecule has 0 saturated carbocycles. The number of benzene rings is 1. The SMILES string of the molecule is CNc1nc(N)c2cc(C)ccc2n1. The van der Waals surface area contributed by atoms with E-state index in [1.165, 1.54) is 0 Å². The Labute approximate surface area is 82.2 Å². The number of fused-ring (bicyclic) bond motifs is 1. The van der Waals surface area contributed by atoms with Gasteiger partial charge < -0.3 is 11.1 Å². The fraction of sp³-hybridized carbons (Fsp3) is 0.200. The second-order valence-corrected chi connectivity index (χ2v) is 3.20. The number of rotatable bonds is 1. The van der Waals surface area contributed by atoms with Crippen molar-refractivity contribution in [1.29, 1.82) is 0 Å². The van der Waals surface area contributed by atoms with Crippen LogP contribution < -0.4 is 11.1 Å². The molecule has 0 spiro atoms. The smallest absolute Gasteiger partial charge is 0.224 e. The minimum Gasteiger partial charge on any atom is -0.383 e. The molecule has 1 aromatic carbocycles. The summed E-state index contributed by atoms with van der Waals surface area (Å²) in [4.78, 5) is 8.41. The highest BCUT2D eigenvalue weighted by atomic mass is 15.1. The Balaban J connectivity index is 2.76. The van der Waals surface area contributed by atoms with E-state index in [1.54, 1.807) is 7.05 Å². The lowest BCUT2D eigenvalue weighted by Crippen LogP contribution is -2.01. The second kappa shape index (κ2) is 3.14. The molecule has 3 N–H and O–H groups in total. The van der Waals surface area contributed by atoms with Crippen LogP contribution in [0.2, 0.25) is 0 Å². The monoisotopic (exact) mass is 188 g/mol. The van der Waals surface area contributed by atoms with Gasteiger partial charge in [0, 0.05) is 12.4 Å². The molecule has 0 aliphatic heterocycles. The van der Waals surface area contributed by atoms with Gasteiger partial charge in [0.1, 0.15) is 5.82 Å². The molecule has 2 aromatic rings. The molecule has 1 heterocycles. The quantitative estimate of drug-likeness (QED) is 0.712. The van der Waals surface area contributed by atoms with Crippen LogP contribution >= 0.6 is 0 Å². The Morgan fingerprint density at radius 3 is 2.79 bits per heavy atom. The molecule has 0 aliphatic rings. The molecule has 1 aromatic heterocycles. The van der Waals surface area contributed by atoms with E-state index in [0.29, 0.717) is 11.8 Å². The van der Waals surface area contributed by atoms with E-state index in [4.69, 9.17) is 5.73 Å². The summed E-state index contributed by atoms with van der Waals surface area (Å²) in [5.41, 5.74) is 7.84. The molecular weight excluding hydrogens is 176 g/mol. The third kappa shape index (κ3) is 1.35. The van der Waals surface area contributed by atoms with E-state index in [-0.39, 0.29) is 0 Å². The van der Waals surface area contributed by atoms with Gasteiger partial charge in [-0.15, -0.1) is 0 Å². The maximum Gasteiger partial charge on any atom is 0.224 e. The molecular formula is C10H12N4. The summed E-state index contributed by atoms with van der Waals surface area (Å²) in [6, 6.07) is 5.95. The summed E-state index contributed by atoms with van der Waals surface area (Å²) in [5.74, 6) is 1.07.